The summed E-state index contributed by atoms with van der Waals surface area (Å²) in [6.07, 6.45) is 4.13. The van der Waals surface area contributed by atoms with Gasteiger partial charge in [0.2, 0.25) is 17.6 Å². The summed E-state index contributed by atoms with van der Waals surface area (Å²) < 4.78 is 11.2. The average Bonchev–Trinajstić information content (AvgIpc) is 3.63. The molecule has 1 aliphatic heterocycles. The second-order valence-corrected chi connectivity index (χ2v) is 11.2. The van der Waals surface area contributed by atoms with Gasteiger partial charge in [-0.3, -0.25) is 14.4 Å². The number of morpholine rings is 1. The van der Waals surface area contributed by atoms with Gasteiger partial charge in [-0.05, 0) is 61.4 Å². The summed E-state index contributed by atoms with van der Waals surface area (Å²) in [5, 5.41) is 8.06. The van der Waals surface area contributed by atoms with Gasteiger partial charge in [-0.25, -0.2) is 9.97 Å². The minimum Gasteiger partial charge on any atom is -0.447 e. The first-order valence-electron chi connectivity index (χ1n) is 13.0. The number of halogens is 1. The first kappa shape index (κ1) is 26.4. The summed E-state index contributed by atoms with van der Waals surface area (Å²) in [6, 6.07) is 10.7. The molecule has 0 spiro atoms. The summed E-state index contributed by atoms with van der Waals surface area (Å²) in [5.74, 6) is -0.834. The van der Waals surface area contributed by atoms with E-state index in [1.807, 2.05) is 28.5 Å². The van der Waals surface area contributed by atoms with Crippen molar-refractivity contribution in [3.05, 3.63) is 58.8 Å². The Kier molecular flexibility index (Phi) is 7.50. The first-order chi connectivity index (χ1) is 19.5. The van der Waals surface area contributed by atoms with Crippen LogP contribution in [0.15, 0.2) is 52.4 Å². The van der Waals surface area contributed by atoms with Gasteiger partial charge in [-0.1, -0.05) is 17.7 Å². The topological polar surface area (TPSA) is 127 Å². The van der Waals surface area contributed by atoms with Crippen molar-refractivity contribution < 1.29 is 23.5 Å². The van der Waals surface area contributed by atoms with E-state index in [4.69, 9.17) is 25.7 Å². The highest BCUT2D eigenvalue weighted by Gasteiger charge is 2.34. The summed E-state index contributed by atoms with van der Waals surface area (Å²) in [4.78, 5) is 50.8. The smallest absolute Gasteiger partial charge is 0.294 e. The highest BCUT2D eigenvalue weighted by atomic mass is 35.5. The van der Waals surface area contributed by atoms with E-state index in [0.717, 1.165) is 17.7 Å². The fourth-order valence-electron chi connectivity index (χ4n) is 5.23. The van der Waals surface area contributed by atoms with Gasteiger partial charge >= 0.3 is 0 Å². The zero-order chi connectivity index (χ0) is 27.6. The maximum absolute atomic E-state index is 13.5. The largest absolute Gasteiger partial charge is 0.447 e. The zero-order valence-electron chi connectivity index (χ0n) is 21.4. The molecule has 2 fully saturated rings. The minimum absolute atomic E-state index is 0.00229. The van der Waals surface area contributed by atoms with Crippen LogP contribution in [0.2, 0.25) is 5.02 Å². The number of nitrogens with zero attached hydrogens (tertiary/aromatic N) is 3. The van der Waals surface area contributed by atoms with Crippen molar-refractivity contribution in [3.63, 3.8) is 0 Å². The van der Waals surface area contributed by atoms with Gasteiger partial charge in [0.25, 0.3) is 5.91 Å². The minimum atomic E-state index is -0.574. The Bertz CT molecular complexity index is 1550. The van der Waals surface area contributed by atoms with E-state index in [0.29, 0.717) is 47.8 Å². The number of carbonyl (C=O) groups excluding carboxylic acids is 3. The molecule has 2 aliphatic rings. The second-order valence-electron chi connectivity index (χ2n) is 9.78. The van der Waals surface area contributed by atoms with Gasteiger partial charge in [-0.2, -0.15) is 0 Å². The second kappa shape index (κ2) is 11.4. The normalized spacial score (nSPS) is 19.5. The van der Waals surface area contributed by atoms with E-state index in [1.165, 1.54) is 6.20 Å². The van der Waals surface area contributed by atoms with Crippen molar-refractivity contribution in [1.82, 2.24) is 14.9 Å². The lowest BCUT2D eigenvalue weighted by molar-refractivity contribution is -0.146. The molecule has 1 saturated carbocycles. The lowest BCUT2D eigenvalue weighted by Crippen LogP contribution is -2.49. The van der Waals surface area contributed by atoms with Gasteiger partial charge in [0, 0.05) is 24.7 Å². The van der Waals surface area contributed by atoms with Crippen LogP contribution in [-0.2, 0) is 14.3 Å². The summed E-state index contributed by atoms with van der Waals surface area (Å²) in [5.41, 5.74) is 1.69. The van der Waals surface area contributed by atoms with Crippen LogP contribution in [0, 0.1) is 5.92 Å². The van der Waals surface area contributed by atoms with Crippen molar-refractivity contribution in [2.45, 2.75) is 31.7 Å². The molecule has 40 heavy (non-hydrogen) atoms. The highest BCUT2D eigenvalue weighted by Crippen LogP contribution is 2.35. The van der Waals surface area contributed by atoms with Crippen LogP contribution < -0.4 is 10.6 Å². The molecule has 1 aliphatic carbocycles. The Morgan fingerprint density at radius 1 is 1.07 bits per heavy atom. The average molecular weight is 580 g/mol. The number of fused-ring (bicyclic) bond motifs is 1. The molecule has 0 atom stereocenters. The van der Waals surface area contributed by atoms with Crippen LogP contribution in [0.3, 0.4) is 0 Å². The molecule has 0 unspecified atom stereocenters. The Morgan fingerprint density at radius 3 is 2.65 bits per heavy atom. The molecule has 1 saturated heterocycles. The van der Waals surface area contributed by atoms with Crippen molar-refractivity contribution in [2.75, 3.05) is 30.4 Å². The predicted octanol–water partition coefficient (Wildman–Crippen LogP) is 5.21. The number of anilines is 2. The SMILES string of the molecule is O=C(Nc1ccc(Cl)cn1)c1oc2ccc(-c3cccs3)nc2c1NC(=O)C1CCC(N2CCOCC2=O)CC1. The molecular formula is C28H26ClN5O5S. The number of thiophene rings is 1. The van der Waals surface area contributed by atoms with Crippen LogP contribution in [0.25, 0.3) is 21.7 Å². The third kappa shape index (κ3) is 5.45. The number of rotatable bonds is 6. The third-order valence-corrected chi connectivity index (χ3v) is 8.38. The number of ether oxygens (including phenoxy) is 1. The quantitative estimate of drug-likeness (QED) is 0.321. The molecule has 4 aromatic heterocycles. The molecule has 12 heteroatoms. The number of carbonyl (C=O) groups is 3. The van der Waals surface area contributed by atoms with Crippen LogP contribution in [0.4, 0.5) is 11.5 Å². The number of hydrogen-bond donors (Lipinski definition) is 2. The van der Waals surface area contributed by atoms with Gasteiger partial charge in [0.15, 0.2) is 5.58 Å². The molecule has 2 N–H and O–H groups in total. The number of aromatic nitrogens is 2. The molecule has 4 aromatic rings. The number of amides is 3. The van der Waals surface area contributed by atoms with Crippen molar-refractivity contribution in [1.29, 1.82) is 0 Å². The summed E-state index contributed by atoms with van der Waals surface area (Å²) >= 11 is 7.46. The molecule has 206 valence electrons. The van der Waals surface area contributed by atoms with Crippen LogP contribution in [0.1, 0.15) is 36.2 Å². The third-order valence-electron chi connectivity index (χ3n) is 7.26. The number of furan rings is 1. The van der Waals surface area contributed by atoms with Gasteiger partial charge in [0.05, 0.1) is 22.2 Å². The van der Waals surface area contributed by atoms with Crippen molar-refractivity contribution in [3.8, 4) is 10.6 Å². The standard InChI is InChI=1S/C28H26ClN5O5S/c29-17-5-10-22(30-14-17)32-28(37)26-25(24-20(39-26)9-8-19(31-24)21-2-1-13-40-21)33-27(36)16-3-6-18(7-4-16)34-11-12-38-15-23(34)35/h1-2,5,8-10,13-14,16,18H,3-4,6-7,11-12,15H2,(H,33,36)(H,30,32,37). The Balaban J connectivity index is 1.25. The number of pyridine rings is 2. The molecule has 3 amide bonds. The number of hydrogen-bond acceptors (Lipinski definition) is 8. The molecule has 5 heterocycles. The molecule has 0 radical (unpaired) electrons. The van der Waals surface area contributed by atoms with Crippen LogP contribution in [0.5, 0.6) is 0 Å². The Labute approximate surface area is 238 Å². The monoisotopic (exact) mass is 579 g/mol. The highest BCUT2D eigenvalue weighted by molar-refractivity contribution is 7.13. The predicted molar refractivity (Wildman–Crippen MR) is 151 cm³/mol. The first-order valence-corrected chi connectivity index (χ1v) is 14.3. The van der Waals surface area contributed by atoms with Gasteiger partial charge in [0.1, 0.15) is 23.6 Å². The summed E-state index contributed by atoms with van der Waals surface area (Å²) in [6.45, 7) is 1.24. The Hall–Kier alpha value is -3.80. The van der Waals surface area contributed by atoms with Crippen LogP contribution in [-0.4, -0.2) is 58.4 Å². The van der Waals surface area contributed by atoms with E-state index in [2.05, 4.69) is 15.6 Å². The fraction of sp³-hybridized carbons (Fsp3) is 0.321. The molecule has 0 aromatic carbocycles. The molecule has 10 nitrogen and oxygen atoms in total. The van der Waals surface area contributed by atoms with Crippen molar-refractivity contribution in [2.24, 2.45) is 5.92 Å². The Morgan fingerprint density at radius 2 is 1.93 bits per heavy atom. The van der Waals surface area contributed by atoms with Crippen LogP contribution >= 0.6 is 22.9 Å². The van der Waals surface area contributed by atoms with E-state index in [1.54, 1.807) is 29.5 Å². The lowest BCUT2D eigenvalue weighted by Gasteiger charge is -2.38. The van der Waals surface area contributed by atoms with Gasteiger partial charge < -0.3 is 24.7 Å². The van der Waals surface area contributed by atoms with E-state index < -0.39 is 5.91 Å². The lowest BCUT2D eigenvalue weighted by atomic mass is 9.84. The van der Waals surface area contributed by atoms with E-state index in [-0.39, 0.29) is 47.6 Å². The van der Waals surface area contributed by atoms with E-state index >= 15 is 0 Å². The zero-order valence-corrected chi connectivity index (χ0v) is 23.0. The number of nitrogens with one attached hydrogen (secondary N) is 2. The molecule has 0 bridgehead atoms. The molecular weight excluding hydrogens is 554 g/mol. The van der Waals surface area contributed by atoms with E-state index in [9.17, 15) is 14.4 Å². The molecule has 6 rings (SSSR count). The van der Waals surface area contributed by atoms with Crippen molar-refractivity contribution >= 4 is 63.3 Å². The summed E-state index contributed by atoms with van der Waals surface area (Å²) in [7, 11) is 0. The fourth-order valence-corrected chi connectivity index (χ4v) is 6.03. The maximum Gasteiger partial charge on any atom is 0.294 e. The maximum atomic E-state index is 13.5. The van der Waals surface area contributed by atoms with Gasteiger partial charge in [-0.15, -0.1) is 11.3 Å².